The predicted octanol–water partition coefficient (Wildman–Crippen LogP) is 2.45. The van der Waals surface area contributed by atoms with E-state index in [1.165, 1.54) is 12.1 Å². The van der Waals surface area contributed by atoms with E-state index in [1.54, 1.807) is 13.8 Å². The number of rotatable bonds is 7. The van der Waals surface area contributed by atoms with Crippen molar-refractivity contribution in [1.29, 1.82) is 0 Å². The van der Waals surface area contributed by atoms with Gasteiger partial charge >= 0.3 is 0 Å². The standard InChI is InChI=1S/C13H19ClFNO3S/c1-3-13(17,4-2)9-16-20(18,19)8-10-7-11(14)5-6-12(10)15/h5-7,16-17H,3-4,8-9H2,1-2H3. The minimum absolute atomic E-state index is 0.00142. The number of sulfonamides is 1. The Morgan fingerprint density at radius 2 is 1.95 bits per heavy atom. The molecule has 0 radical (unpaired) electrons. The summed E-state index contributed by atoms with van der Waals surface area (Å²) in [6.45, 7) is 3.45. The lowest BCUT2D eigenvalue weighted by Crippen LogP contribution is -2.42. The average Bonchev–Trinajstić information content (AvgIpc) is 2.40. The fourth-order valence-corrected chi connectivity index (χ4v) is 3.07. The summed E-state index contributed by atoms with van der Waals surface area (Å²) in [6, 6.07) is 3.76. The fraction of sp³-hybridized carbons (Fsp3) is 0.538. The second-order valence-corrected chi connectivity index (χ2v) is 6.99. The SMILES string of the molecule is CCC(O)(CC)CNS(=O)(=O)Cc1cc(Cl)ccc1F. The van der Waals surface area contributed by atoms with Gasteiger partial charge in [-0.2, -0.15) is 0 Å². The molecule has 0 heterocycles. The van der Waals surface area contributed by atoms with E-state index in [4.69, 9.17) is 11.6 Å². The van der Waals surface area contributed by atoms with Gasteiger partial charge in [-0.15, -0.1) is 0 Å². The third kappa shape index (κ3) is 5.01. The molecular formula is C13H19ClFNO3S. The quantitative estimate of drug-likeness (QED) is 0.810. The van der Waals surface area contributed by atoms with Crippen LogP contribution >= 0.6 is 11.6 Å². The van der Waals surface area contributed by atoms with Crippen LogP contribution in [0.4, 0.5) is 4.39 Å². The maximum absolute atomic E-state index is 13.5. The van der Waals surface area contributed by atoms with Gasteiger partial charge < -0.3 is 5.11 Å². The molecule has 7 heteroatoms. The second kappa shape index (κ2) is 6.85. The van der Waals surface area contributed by atoms with Gasteiger partial charge in [-0.3, -0.25) is 0 Å². The van der Waals surface area contributed by atoms with E-state index >= 15 is 0 Å². The number of hydrogen-bond acceptors (Lipinski definition) is 3. The van der Waals surface area contributed by atoms with Gasteiger partial charge in [0.15, 0.2) is 0 Å². The molecule has 20 heavy (non-hydrogen) atoms. The lowest BCUT2D eigenvalue weighted by Gasteiger charge is -2.25. The van der Waals surface area contributed by atoms with Crippen molar-refractivity contribution in [1.82, 2.24) is 4.72 Å². The van der Waals surface area contributed by atoms with Crippen molar-refractivity contribution in [2.45, 2.75) is 38.0 Å². The lowest BCUT2D eigenvalue weighted by atomic mass is 9.98. The zero-order valence-corrected chi connectivity index (χ0v) is 13.1. The molecule has 0 aliphatic carbocycles. The van der Waals surface area contributed by atoms with Gasteiger partial charge in [0.05, 0.1) is 11.4 Å². The van der Waals surface area contributed by atoms with Gasteiger partial charge in [-0.25, -0.2) is 17.5 Å². The molecule has 2 N–H and O–H groups in total. The Bertz CT molecular complexity index is 559. The first-order chi connectivity index (χ1) is 9.21. The van der Waals surface area contributed by atoms with Crippen molar-refractivity contribution in [2.24, 2.45) is 0 Å². The highest BCUT2D eigenvalue weighted by molar-refractivity contribution is 7.88. The Kier molecular flexibility index (Phi) is 5.94. The Morgan fingerprint density at radius 3 is 2.50 bits per heavy atom. The third-order valence-electron chi connectivity index (χ3n) is 3.29. The van der Waals surface area contributed by atoms with E-state index in [0.29, 0.717) is 12.8 Å². The summed E-state index contributed by atoms with van der Waals surface area (Å²) < 4.78 is 39.6. The predicted molar refractivity (Wildman–Crippen MR) is 77.6 cm³/mol. The van der Waals surface area contributed by atoms with Crippen LogP contribution in [0.25, 0.3) is 0 Å². The summed E-state index contributed by atoms with van der Waals surface area (Å²) >= 11 is 5.72. The van der Waals surface area contributed by atoms with E-state index in [1.807, 2.05) is 0 Å². The van der Waals surface area contributed by atoms with Crippen molar-refractivity contribution in [2.75, 3.05) is 6.54 Å². The molecule has 0 bridgehead atoms. The maximum atomic E-state index is 13.5. The van der Waals surface area contributed by atoms with Crippen molar-refractivity contribution in [3.05, 3.63) is 34.6 Å². The summed E-state index contributed by atoms with van der Waals surface area (Å²) in [4.78, 5) is 0. The molecule has 0 amide bonds. The number of aliphatic hydroxyl groups is 1. The summed E-state index contributed by atoms with van der Waals surface area (Å²) in [7, 11) is -3.74. The topological polar surface area (TPSA) is 66.4 Å². The Balaban J connectivity index is 2.78. The number of nitrogens with one attached hydrogen (secondary N) is 1. The molecule has 0 aliphatic heterocycles. The van der Waals surface area contributed by atoms with Crippen LogP contribution < -0.4 is 4.72 Å². The fourth-order valence-electron chi connectivity index (χ4n) is 1.65. The summed E-state index contributed by atoms with van der Waals surface area (Å²) in [5, 5.41) is 10.3. The van der Waals surface area contributed by atoms with Gasteiger partial charge in [0.1, 0.15) is 5.82 Å². The smallest absolute Gasteiger partial charge is 0.215 e. The number of benzene rings is 1. The van der Waals surface area contributed by atoms with Crippen LogP contribution in [-0.2, 0) is 15.8 Å². The van der Waals surface area contributed by atoms with Crippen molar-refractivity contribution < 1.29 is 17.9 Å². The Labute approximate surface area is 124 Å². The summed E-state index contributed by atoms with van der Waals surface area (Å²) in [5.41, 5.74) is -1.08. The maximum Gasteiger partial charge on any atom is 0.215 e. The highest BCUT2D eigenvalue weighted by Gasteiger charge is 2.25. The average molecular weight is 324 g/mol. The largest absolute Gasteiger partial charge is 0.389 e. The van der Waals surface area contributed by atoms with E-state index < -0.39 is 27.2 Å². The number of hydrogen-bond donors (Lipinski definition) is 2. The van der Waals surface area contributed by atoms with Gasteiger partial charge in [0.2, 0.25) is 10.0 Å². The van der Waals surface area contributed by atoms with Gasteiger partial charge in [0, 0.05) is 17.1 Å². The van der Waals surface area contributed by atoms with Crippen LogP contribution in [0.5, 0.6) is 0 Å². The first-order valence-corrected chi connectivity index (χ1v) is 8.38. The van der Waals surface area contributed by atoms with E-state index in [9.17, 15) is 17.9 Å². The molecule has 0 aromatic heterocycles. The summed E-state index contributed by atoms with van der Waals surface area (Å²) in [5.74, 6) is -1.14. The Hall–Kier alpha value is -0.690. The molecule has 0 spiro atoms. The third-order valence-corrected chi connectivity index (χ3v) is 4.80. The van der Waals surface area contributed by atoms with Crippen LogP contribution in [0.3, 0.4) is 0 Å². The molecule has 0 atom stereocenters. The van der Waals surface area contributed by atoms with Crippen LogP contribution in [0.1, 0.15) is 32.3 Å². The highest BCUT2D eigenvalue weighted by Crippen LogP contribution is 2.18. The second-order valence-electron chi connectivity index (χ2n) is 4.75. The van der Waals surface area contributed by atoms with E-state index in [-0.39, 0.29) is 17.1 Å². The van der Waals surface area contributed by atoms with E-state index in [2.05, 4.69) is 4.72 Å². The molecule has 114 valence electrons. The molecule has 0 fully saturated rings. The molecule has 1 aromatic rings. The van der Waals surface area contributed by atoms with Crippen molar-refractivity contribution in [3.8, 4) is 0 Å². The molecule has 0 saturated heterocycles. The first kappa shape index (κ1) is 17.4. The zero-order chi connectivity index (χ0) is 15.4. The van der Waals surface area contributed by atoms with E-state index in [0.717, 1.165) is 6.07 Å². The first-order valence-electron chi connectivity index (χ1n) is 6.35. The van der Waals surface area contributed by atoms with Crippen molar-refractivity contribution in [3.63, 3.8) is 0 Å². The zero-order valence-electron chi connectivity index (χ0n) is 11.5. The molecular weight excluding hydrogens is 305 g/mol. The van der Waals surface area contributed by atoms with Crippen LogP contribution in [0.2, 0.25) is 5.02 Å². The monoisotopic (exact) mass is 323 g/mol. The lowest BCUT2D eigenvalue weighted by molar-refractivity contribution is 0.0377. The van der Waals surface area contributed by atoms with Crippen LogP contribution in [0.15, 0.2) is 18.2 Å². The molecule has 0 aliphatic rings. The minimum atomic E-state index is -3.74. The molecule has 1 rings (SSSR count). The Morgan fingerprint density at radius 1 is 1.35 bits per heavy atom. The minimum Gasteiger partial charge on any atom is -0.389 e. The summed E-state index contributed by atoms with van der Waals surface area (Å²) in [6.07, 6.45) is 0.856. The van der Waals surface area contributed by atoms with Gasteiger partial charge in [-0.1, -0.05) is 25.4 Å². The van der Waals surface area contributed by atoms with Crippen LogP contribution in [-0.4, -0.2) is 25.7 Å². The molecule has 0 unspecified atom stereocenters. The van der Waals surface area contributed by atoms with Crippen LogP contribution in [0, 0.1) is 5.82 Å². The normalized spacial score (nSPS) is 12.7. The van der Waals surface area contributed by atoms with Gasteiger partial charge in [-0.05, 0) is 31.0 Å². The highest BCUT2D eigenvalue weighted by atomic mass is 35.5. The molecule has 4 nitrogen and oxygen atoms in total. The van der Waals surface area contributed by atoms with Gasteiger partial charge in [0.25, 0.3) is 0 Å². The molecule has 0 saturated carbocycles. The molecule has 1 aromatic carbocycles. The number of halogens is 2. The van der Waals surface area contributed by atoms with Crippen molar-refractivity contribution >= 4 is 21.6 Å².